The first-order valence-corrected chi connectivity index (χ1v) is 6.80. The number of nitriles is 1. The lowest BCUT2D eigenvalue weighted by molar-refractivity contribution is 0.0955. The van der Waals surface area contributed by atoms with Crippen LogP contribution in [-0.2, 0) is 0 Å². The molecule has 1 N–H and O–H groups in total. The van der Waals surface area contributed by atoms with Crippen LogP contribution in [0.3, 0.4) is 0 Å². The van der Waals surface area contributed by atoms with Gasteiger partial charge in [-0.3, -0.25) is 4.79 Å². The minimum Gasteiger partial charge on any atom is -0.497 e. The predicted molar refractivity (Wildman–Crippen MR) is 85.6 cm³/mol. The van der Waals surface area contributed by atoms with Gasteiger partial charge in [0.2, 0.25) is 0 Å². The van der Waals surface area contributed by atoms with Gasteiger partial charge in [0.15, 0.2) is 6.61 Å². The van der Waals surface area contributed by atoms with Crippen molar-refractivity contribution in [1.29, 1.82) is 5.26 Å². The molecule has 1 amide bonds. The fourth-order valence-corrected chi connectivity index (χ4v) is 1.76. The second-order valence-corrected chi connectivity index (χ2v) is 4.45. The van der Waals surface area contributed by atoms with Crippen LogP contribution in [0.4, 0.5) is 0 Å². The van der Waals surface area contributed by atoms with E-state index in [-0.39, 0.29) is 12.5 Å². The standard InChI is InChI=1S/C17H15N3O3/c1-22-16-4-2-3-14(11-16)17(21)20-19-12-13-5-7-15(8-6-13)23-10-9-18/h2-8,11-12H,10H2,1H3,(H,20,21)/b19-12-. The summed E-state index contributed by atoms with van der Waals surface area (Å²) in [7, 11) is 1.54. The van der Waals surface area contributed by atoms with Gasteiger partial charge in [-0.25, -0.2) is 5.43 Å². The number of nitrogens with one attached hydrogen (secondary N) is 1. The summed E-state index contributed by atoms with van der Waals surface area (Å²) in [6.45, 7) is 0.00400. The minimum absolute atomic E-state index is 0.00400. The van der Waals surface area contributed by atoms with Crippen molar-refractivity contribution in [3.8, 4) is 17.6 Å². The maximum atomic E-state index is 11.9. The molecule has 0 bridgehead atoms. The number of hydrogen-bond acceptors (Lipinski definition) is 5. The highest BCUT2D eigenvalue weighted by Gasteiger charge is 2.04. The van der Waals surface area contributed by atoms with Gasteiger partial charge in [0.25, 0.3) is 5.91 Å². The fraction of sp³-hybridized carbons (Fsp3) is 0.118. The summed E-state index contributed by atoms with van der Waals surface area (Å²) >= 11 is 0. The van der Waals surface area contributed by atoms with E-state index in [1.165, 1.54) is 6.21 Å². The molecule has 6 nitrogen and oxygen atoms in total. The van der Waals surface area contributed by atoms with Crippen LogP contribution in [0.15, 0.2) is 53.6 Å². The highest BCUT2D eigenvalue weighted by molar-refractivity contribution is 5.95. The van der Waals surface area contributed by atoms with Gasteiger partial charge in [0, 0.05) is 5.56 Å². The Morgan fingerprint density at radius 3 is 2.74 bits per heavy atom. The molecule has 116 valence electrons. The summed E-state index contributed by atoms with van der Waals surface area (Å²) in [5.74, 6) is 0.882. The molecular formula is C17H15N3O3. The van der Waals surface area contributed by atoms with E-state index in [0.717, 1.165) is 5.56 Å². The average Bonchev–Trinajstić information content (AvgIpc) is 2.61. The van der Waals surface area contributed by atoms with E-state index in [1.54, 1.807) is 55.6 Å². The van der Waals surface area contributed by atoms with Gasteiger partial charge in [-0.1, -0.05) is 6.07 Å². The van der Waals surface area contributed by atoms with Crippen molar-refractivity contribution in [2.24, 2.45) is 5.10 Å². The lowest BCUT2D eigenvalue weighted by Gasteiger charge is -2.03. The molecule has 0 fully saturated rings. The number of carbonyl (C=O) groups excluding carboxylic acids is 1. The maximum Gasteiger partial charge on any atom is 0.271 e. The quantitative estimate of drug-likeness (QED) is 0.656. The van der Waals surface area contributed by atoms with Gasteiger partial charge in [-0.15, -0.1) is 0 Å². The van der Waals surface area contributed by atoms with Crippen LogP contribution < -0.4 is 14.9 Å². The van der Waals surface area contributed by atoms with Crippen LogP contribution in [0.2, 0.25) is 0 Å². The van der Waals surface area contributed by atoms with E-state index in [0.29, 0.717) is 17.1 Å². The summed E-state index contributed by atoms with van der Waals surface area (Å²) in [4.78, 5) is 11.9. The van der Waals surface area contributed by atoms with Crippen molar-refractivity contribution in [1.82, 2.24) is 5.43 Å². The van der Waals surface area contributed by atoms with Crippen LogP contribution in [-0.4, -0.2) is 25.8 Å². The Morgan fingerprint density at radius 1 is 1.26 bits per heavy atom. The summed E-state index contributed by atoms with van der Waals surface area (Å²) < 4.78 is 10.2. The second kappa shape index (κ2) is 8.20. The topological polar surface area (TPSA) is 83.7 Å². The number of nitrogens with zero attached hydrogens (tertiary/aromatic N) is 2. The predicted octanol–water partition coefficient (Wildman–Crippen LogP) is 2.36. The summed E-state index contributed by atoms with van der Waals surface area (Å²) in [5, 5.41) is 12.3. The Morgan fingerprint density at radius 2 is 2.04 bits per heavy atom. The number of carbonyl (C=O) groups is 1. The lowest BCUT2D eigenvalue weighted by atomic mass is 10.2. The molecule has 0 saturated heterocycles. The van der Waals surface area contributed by atoms with Crippen LogP contribution in [0.25, 0.3) is 0 Å². The minimum atomic E-state index is -0.325. The van der Waals surface area contributed by atoms with E-state index in [9.17, 15) is 4.79 Å². The zero-order chi connectivity index (χ0) is 16.5. The molecule has 2 rings (SSSR count). The van der Waals surface area contributed by atoms with Gasteiger partial charge in [0.05, 0.1) is 13.3 Å². The number of ether oxygens (including phenoxy) is 2. The van der Waals surface area contributed by atoms with Gasteiger partial charge in [0.1, 0.15) is 17.6 Å². The maximum absolute atomic E-state index is 11.9. The molecule has 0 saturated carbocycles. The second-order valence-electron chi connectivity index (χ2n) is 4.45. The summed E-state index contributed by atoms with van der Waals surface area (Å²) in [6, 6.07) is 15.7. The number of benzene rings is 2. The molecule has 0 aromatic heterocycles. The van der Waals surface area contributed by atoms with Crippen LogP contribution in [0.5, 0.6) is 11.5 Å². The first kappa shape index (κ1) is 16.0. The number of amides is 1. The van der Waals surface area contributed by atoms with E-state index < -0.39 is 0 Å². The van der Waals surface area contributed by atoms with Crippen molar-refractivity contribution in [2.75, 3.05) is 13.7 Å². The zero-order valence-electron chi connectivity index (χ0n) is 12.5. The first-order chi connectivity index (χ1) is 11.2. The zero-order valence-corrected chi connectivity index (χ0v) is 12.5. The molecule has 0 aliphatic rings. The molecule has 0 aliphatic heterocycles. The van der Waals surface area contributed by atoms with Crippen LogP contribution >= 0.6 is 0 Å². The normalized spacial score (nSPS) is 10.1. The van der Waals surface area contributed by atoms with E-state index >= 15 is 0 Å². The summed E-state index contributed by atoms with van der Waals surface area (Å²) in [5.41, 5.74) is 3.70. The molecule has 0 radical (unpaired) electrons. The monoisotopic (exact) mass is 309 g/mol. The SMILES string of the molecule is COc1cccc(C(=O)N/N=C\c2ccc(OCC#N)cc2)c1. The Labute approximate surface area is 134 Å². The average molecular weight is 309 g/mol. The van der Waals surface area contributed by atoms with Crippen LogP contribution in [0.1, 0.15) is 15.9 Å². The molecule has 23 heavy (non-hydrogen) atoms. The number of rotatable bonds is 6. The van der Waals surface area contributed by atoms with Gasteiger partial charge in [-0.2, -0.15) is 10.4 Å². The van der Waals surface area contributed by atoms with E-state index in [2.05, 4.69) is 10.5 Å². The van der Waals surface area contributed by atoms with Gasteiger partial charge < -0.3 is 9.47 Å². The highest BCUT2D eigenvalue weighted by atomic mass is 16.5. The molecule has 0 heterocycles. The molecule has 0 spiro atoms. The number of hydrogen-bond donors (Lipinski definition) is 1. The third-order valence-corrected chi connectivity index (χ3v) is 2.90. The van der Waals surface area contributed by atoms with Crippen molar-refractivity contribution in [3.63, 3.8) is 0 Å². The third-order valence-electron chi connectivity index (χ3n) is 2.90. The Balaban J connectivity index is 1.93. The lowest BCUT2D eigenvalue weighted by Crippen LogP contribution is -2.17. The summed E-state index contributed by atoms with van der Waals surface area (Å²) in [6.07, 6.45) is 1.52. The van der Waals surface area contributed by atoms with E-state index in [1.807, 2.05) is 6.07 Å². The molecular weight excluding hydrogens is 294 g/mol. The molecule has 2 aromatic rings. The van der Waals surface area contributed by atoms with Crippen molar-refractivity contribution in [2.45, 2.75) is 0 Å². The molecule has 6 heteroatoms. The number of methoxy groups -OCH3 is 1. The highest BCUT2D eigenvalue weighted by Crippen LogP contribution is 2.12. The Kier molecular flexibility index (Phi) is 5.72. The number of hydrazone groups is 1. The van der Waals surface area contributed by atoms with Gasteiger partial charge >= 0.3 is 0 Å². The first-order valence-electron chi connectivity index (χ1n) is 6.80. The van der Waals surface area contributed by atoms with Crippen molar-refractivity contribution < 1.29 is 14.3 Å². The fourth-order valence-electron chi connectivity index (χ4n) is 1.76. The molecule has 0 atom stereocenters. The van der Waals surface area contributed by atoms with E-state index in [4.69, 9.17) is 14.7 Å². The van der Waals surface area contributed by atoms with Crippen molar-refractivity contribution >= 4 is 12.1 Å². The molecule has 0 aliphatic carbocycles. The molecule has 2 aromatic carbocycles. The smallest absolute Gasteiger partial charge is 0.271 e. The van der Waals surface area contributed by atoms with Crippen LogP contribution in [0, 0.1) is 11.3 Å². The van der Waals surface area contributed by atoms with Crippen molar-refractivity contribution in [3.05, 3.63) is 59.7 Å². The van der Waals surface area contributed by atoms with Gasteiger partial charge in [-0.05, 0) is 48.0 Å². The Bertz CT molecular complexity index is 733. The molecule has 0 unspecified atom stereocenters. The largest absolute Gasteiger partial charge is 0.497 e. The third kappa shape index (κ3) is 4.86. The Hall–Kier alpha value is -3.33.